The highest BCUT2D eigenvalue weighted by molar-refractivity contribution is 5.72. The van der Waals surface area contributed by atoms with Crippen LogP contribution in [0.3, 0.4) is 0 Å². The summed E-state index contributed by atoms with van der Waals surface area (Å²) in [6.45, 7) is 7.79. The minimum atomic E-state index is 0.629. The van der Waals surface area contributed by atoms with Crippen molar-refractivity contribution in [3.05, 3.63) is 65.4 Å². The van der Waals surface area contributed by atoms with Gasteiger partial charge in [-0.25, -0.2) is 5.06 Å². The van der Waals surface area contributed by atoms with Gasteiger partial charge in [0.15, 0.2) is 0 Å². The summed E-state index contributed by atoms with van der Waals surface area (Å²) < 4.78 is 0. The van der Waals surface area contributed by atoms with Crippen LogP contribution in [0.1, 0.15) is 19.4 Å². The van der Waals surface area contributed by atoms with E-state index < -0.39 is 0 Å². The van der Waals surface area contributed by atoms with Crippen molar-refractivity contribution < 1.29 is 5.21 Å². The number of hydrogen-bond donors (Lipinski definition) is 1. The smallest absolute Gasteiger partial charge is 0.0794 e. The summed E-state index contributed by atoms with van der Waals surface area (Å²) in [5, 5.41) is 11.2. The van der Waals surface area contributed by atoms with Crippen molar-refractivity contribution in [1.29, 1.82) is 0 Å². The van der Waals surface area contributed by atoms with Crippen LogP contribution in [-0.2, 0) is 0 Å². The first kappa shape index (κ1) is 10.7. The molecule has 1 heterocycles. The zero-order valence-corrected chi connectivity index (χ0v) is 9.57. The van der Waals surface area contributed by atoms with Crippen molar-refractivity contribution in [1.82, 2.24) is 5.06 Å². The maximum absolute atomic E-state index is 10.1. The predicted octanol–water partition coefficient (Wildman–Crippen LogP) is 3.58. The van der Waals surface area contributed by atoms with Crippen LogP contribution in [0.2, 0.25) is 0 Å². The Morgan fingerprint density at radius 1 is 1.12 bits per heavy atom. The molecule has 0 bridgehead atoms. The van der Waals surface area contributed by atoms with Gasteiger partial charge in [-0.15, -0.1) is 0 Å². The molecule has 1 aliphatic rings. The van der Waals surface area contributed by atoms with Gasteiger partial charge in [0.1, 0.15) is 0 Å². The largest absolute Gasteiger partial charge is 0.283 e. The monoisotopic (exact) mass is 213 g/mol. The molecule has 2 heteroatoms. The molecule has 0 amide bonds. The summed E-state index contributed by atoms with van der Waals surface area (Å²) in [7, 11) is 0. The molecule has 0 atom stereocenters. The van der Waals surface area contributed by atoms with Gasteiger partial charge in [-0.1, -0.05) is 43.0 Å². The van der Waals surface area contributed by atoms with E-state index in [1.807, 2.05) is 50.3 Å². The van der Waals surface area contributed by atoms with Gasteiger partial charge in [0.2, 0.25) is 0 Å². The van der Waals surface area contributed by atoms with E-state index in [0.717, 1.165) is 22.4 Å². The Kier molecular flexibility index (Phi) is 2.67. The highest BCUT2D eigenvalue weighted by Crippen LogP contribution is 2.32. The molecule has 2 nitrogen and oxygen atoms in total. The third-order valence-electron chi connectivity index (χ3n) is 2.78. The van der Waals surface area contributed by atoms with Crippen LogP contribution < -0.4 is 0 Å². The number of hydrogen-bond acceptors (Lipinski definition) is 2. The average Bonchev–Trinajstić information content (AvgIpc) is 2.28. The number of benzene rings is 1. The molecule has 0 aromatic heterocycles. The number of nitrogens with zero attached hydrogens (tertiary/aromatic N) is 1. The minimum absolute atomic E-state index is 0.629. The molecule has 0 saturated heterocycles. The summed E-state index contributed by atoms with van der Waals surface area (Å²) in [6.07, 6.45) is 2.04. The maximum atomic E-state index is 10.1. The summed E-state index contributed by atoms with van der Waals surface area (Å²) in [5.41, 5.74) is 4.45. The van der Waals surface area contributed by atoms with Crippen molar-refractivity contribution in [2.24, 2.45) is 0 Å². The second-order valence-electron chi connectivity index (χ2n) is 3.98. The van der Waals surface area contributed by atoms with Crippen LogP contribution in [0.25, 0.3) is 5.70 Å². The molecule has 0 aliphatic carbocycles. The van der Waals surface area contributed by atoms with E-state index in [2.05, 4.69) is 6.58 Å². The number of allylic oxidation sites excluding steroid dienone is 3. The number of rotatable bonds is 1. The molecule has 2 rings (SSSR count). The third kappa shape index (κ3) is 1.68. The van der Waals surface area contributed by atoms with Crippen molar-refractivity contribution >= 4 is 5.70 Å². The van der Waals surface area contributed by atoms with E-state index in [1.54, 1.807) is 0 Å². The fourth-order valence-corrected chi connectivity index (χ4v) is 1.89. The Balaban J connectivity index is 2.55. The fourth-order valence-electron chi connectivity index (χ4n) is 1.89. The second-order valence-corrected chi connectivity index (χ2v) is 3.98. The molecule has 0 saturated carbocycles. The highest BCUT2D eigenvalue weighted by Gasteiger charge is 2.20. The van der Waals surface area contributed by atoms with E-state index in [1.165, 1.54) is 5.06 Å². The normalized spacial score (nSPS) is 16.6. The molecule has 1 aliphatic heterocycles. The van der Waals surface area contributed by atoms with E-state index in [9.17, 15) is 5.21 Å². The van der Waals surface area contributed by atoms with Crippen LogP contribution in [0.15, 0.2) is 59.8 Å². The van der Waals surface area contributed by atoms with Crippen LogP contribution in [-0.4, -0.2) is 10.3 Å². The lowest BCUT2D eigenvalue weighted by Crippen LogP contribution is -2.21. The Hall–Kier alpha value is -1.80. The van der Waals surface area contributed by atoms with Gasteiger partial charge in [-0.2, -0.15) is 0 Å². The van der Waals surface area contributed by atoms with Gasteiger partial charge in [-0.05, 0) is 25.0 Å². The van der Waals surface area contributed by atoms with Crippen LogP contribution in [0, 0.1) is 0 Å². The summed E-state index contributed by atoms with van der Waals surface area (Å²) in [5.74, 6) is 0. The average molecular weight is 213 g/mol. The fraction of sp³-hybridized carbons (Fsp3) is 0.143. The van der Waals surface area contributed by atoms with Gasteiger partial charge in [0.05, 0.1) is 11.4 Å². The lowest BCUT2D eigenvalue weighted by Gasteiger charge is -2.28. The van der Waals surface area contributed by atoms with E-state index >= 15 is 0 Å². The van der Waals surface area contributed by atoms with Gasteiger partial charge < -0.3 is 0 Å². The Labute approximate surface area is 95.8 Å². The molecule has 0 spiro atoms. The molecule has 0 unspecified atom stereocenters. The molecule has 1 aromatic carbocycles. The summed E-state index contributed by atoms with van der Waals surface area (Å²) >= 11 is 0. The highest BCUT2D eigenvalue weighted by atomic mass is 16.5. The Morgan fingerprint density at radius 2 is 1.75 bits per heavy atom. The molecule has 0 fully saturated rings. The third-order valence-corrected chi connectivity index (χ3v) is 2.78. The zero-order valence-electron chi connectivity index (χ0n) is 9.57. The molecule has 16 heavy (non-hydrogen) atoms. The number of hydroxylamine groups is 2. The molecule has 1 aromatic rings. The van der Waals surface area contributed by atoms with Crippen LogP contribution in [0.4, 0.5) is 0 Å². The zero-order chi connectivity index (χ0) is 11.7. The SMILES string of the molecule is C=C1C(C)=CC(C)=C(c2ccccc2)N1O. The lowest BCUT2D eigenvalue weighted by atomic mass is 10.00. The molecular formula is C14H15NO. The standard InChI is InChI=1S/C14H15NO/c1-10-9-11(2)14(15(16)12(10)3)13-7-5-4-6-8-13/h4-9,16H,3H2,1-2H3. The van der Waals surface area contributed by atoms with Crippen molar-refractivity contribution in [3.8, 4) is 0 Å². The van der Waals surface area contributed by atoms with Crippen molar-refractivity contribution in [2.45, 2.75) is 13.8 Å². The first-order valence-corrected chi connectivity index (χ1v) is 5.24. The first-order valence-electron chi connectivity index (χ1n) is 5.24. The van der Waals surface area contributed by atoms with Crippen molar-refractivity contribution in [3.63, 3.8) is 0 Å². The minimum Gasteiger partial charge on any atom is -0.283 e. The van der Waals surface area contributed by atoms with E-state index in [0.29, 0.717) is 5.70 Å². The van der Waals surface area contributed by atoms with Crippen LogP contribution in [0.5, 0.6) is 0 Å². The summed E-state index contributed by atoms with van der Waals surface area (Å²) in [6, 6.07) is 9.82. The Morgan fingerprint density at radius 3 is 2.38 bits per heavy atom. The quantitative estimate of drug-likeness (QED) is 0.770. The van der Waals surface area contributed by atoms with Gasteiger partial charge >= 0.3 is 0 Å². The van der Waals surface area contributed by atoms with Crippen LogP contribution >= 0.6 is 0 Å². The topological polar surface area (TPSA) is 23.5 Å². The molecule has 1 N–H and O–H groups in total. The second kappa shape index (κ2) is 3.99. The summed E-state index contributed by atoms with van der Waals surface area (Å²) in [4.78, 5) is 0. The van der Waals surface area contributed by atoms with Gasteiger partial charge in [0.25, 0.3) is 0 Å². The van der Waals surface area contributed by atoms with E-state index in [4.69, 9.17) is 0 Å². The molecular weight excluding hydrogens is 198 g/mol. The molecule has 82 valence electrons. The van der Waals surface area contributed by atoms with Gasteiger partial charge in [-0.3, -0.25) is 5.21 Å². The molecule has 0 radical (unpaired) electrons. The first-order chi connectivity index (χ1) is 7.61. The lowest BCUT2D eigenvalue weighted by molar-refractivity contribution is 0.0114. The maximum Gasteiger partial charge on any atom is 0.0794 e. The van der Waals surface area contributed by atoms with E-state index in [-0.39, 0.29) is 0 Å². The Bertz CT molecular complexity index is 483. The van der Waals surface area contributed by atoms with Crippen molar-refractivity contribution in [2.75, 3.05) is 0 Å². The predicted molar refractivity (Wildman–Crippen MR) is 65.6 cm³/mol. The van der Waals surface area contributed by atoms with Gasteiger partial charge in [0, 0.05) is 5.56 Å².